The first-order valence-electron chi connectivity index (χ1n) is 5.52. The van der Waals surface area contributed by atoms with Crippen LogP contribution in [-0.2, 0) is 0 Å². The maximum atomic E-state index is 3.26. The van der Waals surface area contributed by atoms with Crippen LogP contribution in [-0.4, -0.2) is 13.1 Å². The predicted molar refractivity (Wildman–Crippen MR) is 68.7 cm³/mol. The maximum absolute atomic E-state index is 3.26. The number of hydrogen-bond acceptors (Lipinski definition) is 2. The summed E-state index contributed by atoms with van der Waals surface area (Å²) < 4.78 is 0. The SMILES string of the molecule is C1=CC(=CNCCNC=C2C=CC=C2)C=C1. The van der Waals surface area contributed by atoms with Gasteiger partial charge in [0.05, 0.1) is 0 Å². The van der Waals surface area contributed by atoms with Gasteiger partial charge in [0.1, 0.15) is 0 Å². The van der Waals surface area contributed by atoms with Gasteiger partial charge < -0.3 is 10.6 Å². The lowest BCUT2D eigenvalue weighted by Crippen LogP contribution is -2.20. The maximum Gasteiger partial charge on any atom is 0.0315 e. The first kappa shape index (κ1) is 10.6. The van der Waals surface area contributed by atoms with Crippen molar-refractivity contribution in [3.05, 3.63) is 72.2 Å². The molecule has 0 fully saturated rings. The van der Waals surface area contributed by atoms with Gasteiger partial charge in [-0.15, -0.1) is 0 Å². The number of allylic oxidation sites excluding steroid dienone is 10. The summed E-state index contributed by atoms with van der Waals surface area (Å²) in [7, 11) is 0. The third-order valence-corrected chi connectivity index (χ3v) is 2.33. The fourth-order valence-corrected chi connectivity index (χ4v) is 1.49. The highest BCUT2D eigenvalue weighted by atomic mass is 14.9. The third kappa shape index (κ3) is 3.31. The van der Waals surface area contributed by atoms with E-state index in [0.717, 1.165) is 13.1 Å². The zero-order chi connectivity index (χ0) is 11.1. The molecule has 0 amide bonds. The van der Waals surface area contributed by atoms with Gasteiger partial charge in [-0.05, 0) is 11.1 Å². The monoisotopic (exact) mass is 212 g/mol. The predicted octanol–water partition coefficient (Wildman–Crippen LogP) is 2.19. The van der Waals surface area contributed by atoms with Gasteiger partial charge in [0.25, 0.3) is 0 Å². The quantitative estimate of drug-likeness (QED) is 0.683. The highest BCUT2D eigenvalue weighted by Crippen LogP contribution is 2.05. The molecule has 2 aliphatic rings. The first-order valence-corrected chi connectivity index (χ1v) is 5.52. The molecule has 0 aromatic rings. The van der Waals surface area contributed by atoms with E-state index in [1.54, 1.807) is 0 Å². The van der Waals surface area contributed by atoms with E-state index in [9.17, 15) is 0 Å². The molecule has 0 atom stereocenters. The minimum Gasteiger partial charge on any atom is -0.389 e. The Labute approximate surface area is 96.4 Å². The topological polar surface area (TPSA) is 24.1 Å². The zero-order valence-electron chi connectivity index (χ0n) is 9.19. The second kappa shape index (κ2) is 5.81. The summed E-state index contributed by atoms with van der Waals surface area (Å²) in [5, 5.41) is 6.52. The van der Waals surface area contributed by atoms with E-state index in [2.05, 4.69) is 34.9 Å². The van der Waals surface area contributed by atoms with Crippen LogP contribution in [0.1, 0.15) is 0 Å². The molecule has 0 radical (unpaired) electrons. The molecule has 2 rings (SSSR count). The van der Waals surface area contributed by atoms with Crippen LogP contribution in [0.5, 0.6) is 0 Å². The Hall–Kier alpha value is -1.96. The average molecular weight is 212 g/mol. The number of hydrogen-bond donors (Lipinski definition) is 2. The Kier molecular flexibility index (Phi) is 3.83. The lowest BCUT2D eigenvalue weighted by molar-refractivity contribution is 0.764. The van der Waals surface area contributed by atoms with Crippen molar-refractivity contribution in [1.82, 2.24) is 10.6 Å². The van der Waals surface area contributed by atoms with E-state index in [1.807, 2.05) is 36.7 Å². The second-order valence-corrected chi connectivity index (χ2v) is 3.63. The minimum absolute atomic E-state index is 0.919. The summed E-state index contributed by atoms with van der Waals surface area (Å²) in [5.41, 5.74) is 2.44. The van der Waals surface area contributed by atoms with Crippen molar-refractivity contribution in [3.63, 3.8) is 0 Å². The Balaban J connectivity index is 1.59. The van der Waals surface area contributed by atoms with Crippen LogP contribution in [0.4, 0.5) is 0 Å². The van der Waals surface area contributed by atoms with Crippen molar-refractivity contribution >= 4 is 0 Å². The van der Waals surface area contributed by atoms with Gasteiger partial charge in [-0.1, -0.05) is 48.6 Å². The molecule has 0 saturated heterocycles. The molecular formula is C14H16N2. The molecule has 0 aromatic heterocycles. The van der Waals surface area contributed by atoms with Crippen molar-refractivity contribution in [2.75, 3.05) is 13.1 Å². The van der Waals surface area contributed by atoms with Crippen LogP contribution in [0.25, 0.3) is 0 Å². The molecule has 0 aliphatic heterocycles. The summed E-state index contributed by atoms with van der Waals surface area (Å²) in [5.74, 6) is 0. The summed E-state index contributed by atoms with van der Waals surface area (Å²) >= 11 is 0. The van der Waals surface area contributed by atoms with E-state index in [4.69, 9.17) is 0 Å². The Morgan fingerprint density at radius 1 is 0.688 bits per heavy atom. The van der Waals surface area contributed by atoms with Crippen molar-refractivity contribution in [1.29, 1.82) is 0 Å². The second-order valence-electron chi connectivity index (χ2n) is 3.63. The third-order valence-electron chi connectivity index (χ3n) is 2.33. The standard InChI is InChI=1S/C14H16N2/c1-2-6-13(5-1)11-15-9-10-16-12-14-7-3-4-8-14/h1-8,11-12,15-16H,9-10H2. The highest BCUT2D eigenvalue weighted by Gasteiger charge is 1.91. The normalized spacial score (nSPS) is 16.0. The fourth-order valence-electron chi connectivity index (χ4n) is 1.49. The molecule has 2 nitrogen and oxygen atoms in total. The van der Waals surface area contributed by atoms with Gasteiger partial charge in [0.15, 0.2) is 0 Å². The fraction of sp³-hybridized carbons (Fsp3) is 0.143. The molecule has 2 N–H and O–H groups in total. The highest BCUT2D eigenvalue weighted by molar-refractivity contribution is 5.40. The lowest BCUT2D eigenvalue weighted by Gasteiger charge is -2.02. The average Bonchev–Trinajstić information content (AvgIpc) is 2.96. The Morgan fingerprint density at radius 3 is 1.44 bits per heavy atom. The molecule has 0 saturated carbocycles. The van der Waals surface area contributed by atoms with Gasteiger partial charge >= 0.3 is 0 Å². The minimum atomic E-state index is 0.919. The van der Waals surface area contributed by atoms with Crippen molar-refractivity contribution < 1.29 is 0 Å². The molecule has 0 heterocycles. The molecule has 0 unspecified atom stereocenters. The number of rotatable bonds is 5. The summed E-state index contributed by atoms with van der Waals surface area (Å²) in [6.45, 7) is 1.84. The largest absolute Gasteiger partial charge is 0.389 e. The van der Waals surface area contributed by atoms with E-state index in [-0.39, 0.29) is 0 Å². The first-order chi connectivity index (χ1) is 7.95. The molecule has 2 heteroatoms. The van der Waals surface area contributed by atoms with Crippen LogP contribution in [0.2, 0.25) is 0 Å². The zero-order valence-corrected chi connectivity index (χ0v) is 9.19. The van der Waals surface area contributed by atoms with Crippen LogP contribution >= 0.6 is 0 Å². The van der Waals surface area contributed by atoms with Crippen LogP contribution < -0.4 is 10.6 Å². The van der Waals surface area contributed by atoms with Crippen molar-refractivity contribution in [2.24, 2.45) is 0 Å². The summed E-state index contributed by atoms with van der Waals surface area (Å²) in [4.78, 5) is 0. The van der Waals surface area contributed by atoms with Crippen molar-refractivity contribution in [3.8, 4) is 0 Å². The molecule has 0 bridgehead atoms. The van der Waals surface area contributed by atoms with E-state index in [1.165, 1.54) is 11.1 Å². The smallest absolute Gasteiger partial charge is 0.0315 e. The molecule has 16 heavy (non-hydrogen) atoms. The lowest BCUT2D eigenvalue weighted by atomic mass is 10.3. The van der Waals surface area contributed by atoms with Crippen LogP contribution in [0.3, 0.4) is 0 Å². The summed E-state index contributed by atoms with van der Waals surface area (Å²) in [6.07, 6.45) is 20.5. The van der Waals surface area contributed by atoms with Crippen LogP contribution in [0.15, 0.2) is 72.2 Å². The van der Waals surface area contributed by atoms with Crippen molar-refractivity contribution in [2.45, 2.75) is 0 Å². The summed E-state index contributed by atoms with van der Waals surface area (Å²) in [6, 6.07) is 0. The van der Waals surface area contributed by atoms with Crippen LogP contribution in [0, 0.1) is 0 Å². The van der Waals surface area contributed by atoms with E-state index in [0.29, 0.717) is 0 Å². The molecular weight excluding hydrogens is 196 g/mol. The van der Waals surface area contributed by atoms with Gasteiger partial charge in [0.2, 0.25) is 0 Å². The van der Waals surface area contributed by atoms with Gasteiger partial charge in [-0.25, -0.2) is 0 Å². The Bertz CT molecular complexity index is 338. The van der Waals surface area contributed by atoms with E-state index >= 15 is 0 Å². The Morgan fingerprint density at radius 2 is 1.06 bits per heavy atom. The molecule has 82 valence electrons. The van der Waals surface area contributed by atoms with Gasteiger partial charge in [-0.3, -0.25) is 0 Å². The van der Waals surface area contributed by atoms with E-state index < -0.39 is 0 Å². The molecule has 0 spiro atoms. The molecule has 2 aliphatic carbocycles. The van der Waals surface area contributed by atoms with Gasteiger partial charge in [0, 0.05) is 25.5 Å². The van der Waals surface area contributed by atoms with Gasteiger partial charge in [-0.2, -0.15) is 0 Å². The number of nitrogens with one attached hydrogen (secondary N) is 2. The molecule has 0 aromatic carbocycles.